The van der Waals surface area contributed by atoms with Crippen LogP contribution in [-0.4, -0.2) is 9.78 Å². The van der Waals surface area contributed by atoms with E-state index in [1.807, 2.05) is 30.1 Å². The van der Waals surface area contributed by atoms with Crippen molar-refractivity contribution in [1.29, 1.82) is 0 Å². The summed E-state index contributed by atoms with van der Waals surface area (Å²) >= 11 is 0. The SMILES string of the molecule is C/C=C\n1ncc(C)c1CC. The topological polar surface area (TPSA) is 17.8 Å². The lowest BCUT2D eigenvalue weighted by atomic mass is 10.2. The summed E-state index contributed by atoms with van der Waals surface area (Å²) in [7, 11) is 0. The summed E-state index contributed by atoms with van der Waals surface area (Å²) in [4.78, 5) is 0. The molecule has 0 radical (unpaired) electrons. The van der Waals surface area contributed by atoms with E-state index < -0.39 is 0 Å². The first-order valence-electron chi connectivity index (χ1n) is 3.95. The fourth-order valence-corrected chi connectivity index (χ4v) is 1.18. The van der Waals surface area contributed by atoms with Gasteiger partial charge in [-0.1, -0.05) is 13.0 Å². The molecule has 0 unspecified atom stereocenters. The van der Waals surface area contributed by atoms with E-state index in [1.165, 1.54) is 11.3 Å². The molecule has 1 aromatic rings. The summed E-state index contributed by atoms with van der Waals surface area (Å²) < 4.78 is 1.93. The van der Waals surface area contributed by atoms with Gasteiger partial charge in [-0.15, -0.1) is 0 Å². The Bertz CT molecular complexity index is 259. The third kappa shape index (κ3) is 1.50. The number of rotatable bonds is 2. The van der Waals surface area contributed by atoms with Gasteiger partial charge >= 0.3 is 0 Å². The Kier molecular flexibility index (Phi) is 2.47. The van der Waals surface area contributed by atoms with Gasteiger partial charge in [0.15, 0.2) is 0 Å². The molecule has 1 rings (SSSR count). The first-order chi connectivity index (χ1) is 5.29. The van der Waals surface area contributed by atoms with Gasteiger partial charge in [-0.2, -0.15) is 5.10 Å². The summed E-state index contributed by atoms with van der Waals surface area (Å²) in [6.07, 6.45) is 6.91. The molecule has 0 spiro atoms. The maximum absolute atomic E-state index is 4.21. The minimum atomic E-state index is 1.04. The molecular formula is C9H14N2. The second kappa shape index (κ2) is 3.37. The molecule has 0 aliphatic heterocycles. The average molecular weight is 150 g/mol. The third-order valence-corrected chi connectivity index (χ3v) is 1.73. The highest BCUT2D eigenvalue weighted by Crippen LogP contribution is 2.07. The molecule has 1 aromatic heterocycles. The van der Waals surface area contributed by atoms with Crippen LogP contribution >= 0.6 is 0 Å². The molecule has 0 bridgehead atoms. The molecule has 0 N–H and O–H groups in total. The monoisotopic (exact) mass is 150 g/mol. The maximum Gasteiger partial charge on any atom is 0.0526 e. The van der Waals surface area contributed by atoms with Gasteiger partial charge in [-0.3, -0.25) is 0 Å². The molecule has 60 valence electrons. The van der Waals surface area contributed by atoms with E-state index in [0.29, 0.717) is 0 Å². The zero-order valence-corrected chi connectivity index (χ0v) is 7.33. The number of hydrogen-bond acceptors (Lipinski definition) is 1. The van der Waals surface area contributed by atoms with Gasteiger partial charge in [0, 0.05) is 11.9 Å². The molecule has 0 saturated carbocycles. The van der Waals surface area contributed by atoms with Crippen molar-refractivity contribution < 1.29 is 0 Å². The minimum Gasteiger partial charge on any atom is -0.245 e. The average Bonchev–Trinajstić information content (AvgIpc) is 2.33. The van der Waals surface area contributed by atoms with Crippen LogP contribution in [0.4, 0.5) is 0 Å². The van der Waals surface area contributed by atoms with Gasteiger partial charge in [-0.25, -0.2) is 4.68 Å². The quantitative estimate of drug-likeness (QED) is 0.632. The normalized spacial score (nSPS) is 11.2. The van der Waals surface area contributed by atoms with Crippen molar-refractivity contribution in [3.05, 3.63) is 23.5 Å². The molecule has 1 heterocycles. The van der Waals surface area contributed by atoms with Gasteiger partial charge in [-0.05, 0) is 25.8 Å². The van der Waals surface area contributed by atoms with Crippen molar-refractivity contribution >= 4 is 6.20 Å². The first kappa shape index (κ1) is 8.05. The summed E-state index contributed by atoms with van der Waals surface area (Å²) in [6, 6.07) is 0. The van der Waals surface area contributed by atoms with Crippen LogP contribution in [0.15, 0.2) is 12.3 Å². The standard InChI is InChI=1S/C9H14N2/c1-4-6-11-9(5-2)8(3)7-10-11/h4,6-7H,5H2,1-3H3/b6-4-. The van der Waals surface area contributed by atoms with Gasteiger partial charge < -0.3 is 0 Å². The fraction of sp³-hybridized carbons (Fsp3) is 0.444. The van der Waals surface area contributed by atoms with Crippen LogP contribution in [-0.2, 0) is 6.42 Å². The molecule has 0 amide bonds. The Morgan fingerprint density at radius 3 is 2.91 bits per heavy atom. The molecule has 0 aliphatic carbocycles. The molecule has 0 aromatic carbocycles. The highest BCUT2D eigenvalue weighted by Gasteiger charge is 2.00. The van der Waals surface area contributed by atoms with Crippen LogP contribution in [0.1, 0.15) is 25.1 Å². The predicted molar refractivity (Wildman–Crippen MR) is 47.3 cm³/mol. The predicted octanol–water partition coefficient (Wildman–Crippen LogP) is 2.24. The van der Waals surface area contributed by atoms with Crippen molar-refractivity contribution in [3.63, 3.8) is 0 Å². The van der Waals surface area contributed by atoms with E-state index in [4.69, 9.17) is 0 Å². The van der Waals surface area contributed by atoms with Crippen molar-refractivity contribution in [3.8, 4) is 0 Å². The summed E-state index contributed by atoms with van der Waals surface area (Å²) in [6.45, 7) is 6.23. The van der Waals surface area contributed by atoms with E-state index in [2.05, 4.69) is 18.9 Å². The van der Waals surface area contributed by atoms with Crippen LogP contribution in [0, 0.1) is 6.92 Å². The van der Waals surface area contributed by atoms with Gasteiger partial charge in [0.1, 0.15) is 0 Å². The van der Waals surface area contributed by atoms with Crippen LogP contribution in [0.2, 0.25) is 0 Å². The van der Waals surface area contributed by atoms with Gasteiger partial charge in [0.2, 0.25) is 0 Å². The largest absolute Gasteiger partial charge is 0.245 e. The van der Waals surface area contributed by atoms with E-state index >= 15 is 0 Å². The van der Waals surface area contributed by atoms with Crippen molar-refractivity contribution in [2.75, 3.05) is 0 Å². The van der Waals surface area contributed by atoms with Crippen molar-refractivity contribution in [2.24, 2.45) is 0 Å². The van der Waals surface area contributed by atoms with Crippen molar-refractivity contribution in [1.82, 2.24) is 9.78 Å². The van der Waals surface area contributed by atoms with E-state index in [-0.39, 0.29) is 0 Å². The molecule has 0 fully saturated rings. The highest BCUT2D eigenvalue weighted by molar-refractivity contribution is 5.28. The van der Waals surface area contributed by atoms with Crippen LogP contribution in [0.5, 0.6) is 0 Å². The zero-order valence-electron chi connectivity index (χ0n) is 7.33. The number of nitrogens with zero attached hydrogens (tertiary/aromatic N) is 2. The Labute approximate surface area is 67.5 Å². The van der Waals surface area contributed by atoms with Crippen LogP contribution in [0.3, 0.4) is 0 Å². The molecule has 0 aliphatic rings. The number of allylic oxidation sites excluding steroid dienone is 1. The molecule has 0 saturated heterocycles. The molecular weight excluding hydrogens is 136 g/mol. The Morgan fingerprint density at radius 2 is 2.36 bits per heavy atom. The molecule has 2 nitrogen and oxygen atoms in total. The number of aromatic nitrogens is 2. The molecule has 11 heavy (non-hydrogen) atoms. The Morgan fingerprint density at radius 1 is 1.64 bits per heavy atom. The second-order valence-electron chi connectivity index (χ2n) is 2.55. The summed E-state index contributed by atoms with van der Waals surface area (Å²) in [5.41, 5.74) is 2.56. The first-order valence-corrected chi connectivity index (χ1v) is 3.95. The van der Waals surface area contributed by atoms with Crippen LogP contribution in [0.25, 0.3) is 6.20 Å². The Balaban J connectivity index is 3.05. The fourth-order valence-electron chi connectivity index (χ4n) is 1.18. The molecule has 0 atom stereocenters. The second-order valence-corrected chi connectivity index (χ2v) is 2.55. The Hall–Kier alpha value is -1.05. The van der Waals surface area contributed by atoms with Crippen LogP contribution < -0.4 is 0 Å². The third-order valence-electron chi connectivity index (χ3n) is 1.73. The summed E-state index contributed by atoms with van der Waals surface area (Å²) in [5, 5.41) is 4.21. The smallest absolute Gasteiger partial charge is 0.0526 e. The van der Waals surface area contributed by atoms with Crippen molar-refractivity contribution in [2.45, 2.75) is 27.2 Å². The molecule has 2 heteroatoms. The maximum atomic E-state index is 4.21. The zero-order chi connectivity index (χ0) is 8.27. The van der Waals surface area contributed by atoms with E-state index in [0.717, 1.165) is 6.42 Å². The highest BCUT2D eigenvalue weighted by atomic mass is 15.3. The van der Waals surface area contributed by atoms with Gasteiger partial charge in [0.25, 0.3) is 0 Å². The lowest BCUT2D eigenvalue weighted by molar-refractivity contribution is 0.852. The number of aryl methyl sites for hydroxylation is 1. The van der Waals surface area contributed by atoms with E-state index in [1.54, 1.807) is 0 Å². The van der Waals surface area contributed by atoms with Gasteiger partial charge in [0.05, 0.1) is 6.20 Å². The number of hydrogen-bond donors (Lipinski definition) is 0. The van der Waals surface area contributed by atoms with E-state index in [9.17, 15) is 0 Å². The lowest BCUT2D eigenvalue weighted by Gasteiger charge is -1.98. The lowest BCUT2D eigenvalue weighted by Crippen LogP contribution is -1.95. The minimum absolute atomic E-state index is 1.04. The summed E-state index contributed by atoms with van der Waals surface area (Å²) in [5.74, 6) is 0.